The third kappa shape index (κ3) is 1.18. The molecule has 0 radical (unpaired) electrons. The van der Waals surface area contributed by atoms with E-state index >= 15 is 0 Å². The Labute approximate surface area is 99.6 Å². The quantitative estimate of drug-likeness (QED) is 0.554. The molecular weight excluding hydrogens is 218 g/mol. The van der Waals surface area contributed by atoms with Crippen LogP contribution in [0.15, 0.2) is 22.9 Å². The Morgan fingerprint density at radius 1 is 1.47 bits per heavy atom. The van der Waals surface area contributed by atoms with E-state index in [0.717, 1.165) is 36.8 Å². The Morgan fingerprint density at radius 2 is 2.24 bits per heavy atom. The maximum Gasteiger partial charge on any atom is 0.352 e. The van der Waals surface area contributed by atoms with Crippen LogP contribution in [0.25, 0.3) is 0 Å². The first-order valence-corrected chi connectivity index (χ1v) is 6.13. The summed E-state index contributed by atoms with van der Waals surface area (Å²) < 4.78 is 0. The molecule has 90 valence electrons. The van der Waals surface area contributed by atoms with Crippen molar-refractivity contribution in [3.63, 3.8) is 0 Å². The molecule has 2 fully saturated rings. The van der Waals surface area contributed by atoms with Gasteiger partial charge in [0.15, 0.2) is 0 Å². The van der Waals surface area contributed by atoms with Crippen molar-refractivity contribution < 1.29 is 14.7 Å². The summed E-state index contributed by atoms with van der Waals surface area (Å²) in [7, 11) is 0. The zero-order valence-electron chi connectivity index (χ0n) is 9.77. The van der Waals surface area contributed by atoms with Crippen molar-refractivity contribution in [1.29, 1.82) is 0 Å². The number of nitrogens with zero attached hydrogens (tertiary/aromatic N) is 1. The molecule has 1 N–H and O–H groups in total. The lowest BCUT2D eigenvalue weighted by atomic mass is 9.77. The molecule has 2 heterocycles. The predicted molar refractivity (Wildman–Crippen MR) is 61.0 cm³/mol. The first-order chi connectivity index (χ1) is 8.16. The molecule has 0 aromatic carbocycles. The van der Waals surface area contributed by atoms with E-state index in [-0.39, 0.29) is 23.6 Å². The van der Waals surface area contributed by atoms with Crippen LogP contribution in [-0.2, 0) is 9.59 Å². The summed E-state index contributed by atoms with van der Waals surface area (Å²) in [4.78, 5) is 24.7. The van der Waals surface area contributed by atoms with Gasteiger partial charge in [-0.05, 0) is 31.8 Å². The molecule has 0 aromatic heterocycles. The van der Waals surface area contributed by atoms with E-state index < -0.39 is 5.97 Å². The average Bonchev–Trinajstić information content (AvgIpc) is 2.61. The smallest absolute Gasteiger partial charge is 0.352 e. The number of aliphatic carboxylic acids is 1. The largest absolute Gasteiger partial charge is 0.477 e. The highest BCUT2D eigenvalue weighted by Crippen LogP contribution is 2.50. The van der Waals surface area contributed by atoms with Crippen molar-refractivity contribution >= 4 is 11.9 Å². The molecule has 0 spiro atoms. The van der Waals surface area contributed by atoms with Crippen LogP contribution in [0.2, 0.25) is 0 Å². The Bertz CT molecular complexity index is 475. The molecule has 0 unspecified atom stereocenters. The molecule has 2 atom stereocenters. The van der Waals surface area contributed by atoms with Crippen molar-refractivity contribution in [2.45, 2.75) is 38.6 Å². The Morgan fingerprint density at radius 3 is 2.88 bits per heavy atom. The van der Waals surface area contributed by atoms with Crippen LogP contribution in [0.1, 0.15) is 32.6 Å². The third-order valence-corrected chi connectivity index (χ3v) is 4.16. The molecule has 3 rings (SSSR count). The summed E-state index contributed by atoms with van der Waals surface area (Å²) in [5.41, 5.74) is 2.07. The number of carbonyl (C=O) groups is 2. The molecule has 4 heteroatoms. The van der Waals surface area contributed by atoms with Gasteiger partial charge >= 0.3 is 5.97 Å². The van der Waals surface area contributed by atoms with Crippen LogP contribution in [0.4, 0.5) is 0 Å². The molecule has 1 amide bonds. The monoisotopic (exact) mass is 233 g/mol. The highest BCUT2D eigenvalue weighted by Gasteiger charge is 2.56. The van der Waals surface area contributed by atoms with Gasteiger partial charge in [-0.3, -0.25) is 9.69 Å². The predicted octanol–water partition coefficient (Wildman–Crippen LogP) is 1.69. The topological polar surface area (TPSA) is 57.6 Å². The summed E-state index contributed by atoms with van der Waals surface area (Å²) in [5.74, 6) is -0.798. The van der Waals surface area contributed by atoms with Gasteiger partial charge in [0.05, 0.1) is 6.04 Å². The van der Waals surface area contributed by atoms with E-state index in [1.807, 2.05) is 13.0 Å². The summed E-state index contributed by atoms with van der Waals surface area (Å²) in [6, 6.07) is 0.0221. The second-order valence-electron chi connectivity index (χ2n) is 4.90. The lowest BCUT2D eigenvalue weighted by Crippen LogP contribution is -2.54. The van der Waals surface area contributed by atoms with Gasteiger partial charge in [0.2, 0.25) is 0 Å². The molecule has 0 aromatic rings. The van der Waals surface area contributed by atoms with Crippen molar-refractivity contribution in [3.8, 4) is 0 Å². The number of rotatable bonds is 1. The van der Waals surface area contributed by atoms with Crippen molar-refractivity contribution in [2.24, 2.45) is 5.92 Å². The summed E-state index contributed by atoms with van der Waals surface area (Å²) in [5, 5.41) is 9.28. The number of amides is 1. The van der Waals surface area contributed by atoms with Gasteiger partial charge in [-0.25, -0.2) is 4.79 Å². The van der Waals surface area contributed by atoms with E-state index in [9.17, 15) is 14.7 Å². The second-order valence-corrected chi connectivity index (χ2v) is 4.90. The van der Waals surface area contributed by atoms with Crippen molar-refractivity contribution in [3.05, 3.63) is 22.9 Å². The minimum absolute atomic E-state index is 0.0221. The number of β-lactam (4-membered cyclic amide) rings is 1. The van der Waals surface area contributed by atoms with Crippen LogP contribution in [-0.4, -0.2) is 27.9 Å². The SMILES string of the molecule is C/C=C1\C(=O)N2C(C(=O)O)=C3CCCC[C@@H]3[C@H]12. The molecule has 0 bridgehead atoms. The van der Waals surface area contributed by atoms with Gasteiger partial charge in [-0.2, -0.15) is 0 Å². The molecule has 2 aliphatic heterocycles. The molecule has 1 aliphatic carbocycles. The Balaban J connectivity index is 2.07. The molecule has 1 saturated heterocycles. The average molecular weight is 233 g/mol. The number of carboxylic acids is 1. The van der Waals surface area contributed by atoms with Gasteiger partial charge in [0, 0.05) is 11.5 Å². The Hall–Kier alpha value is -1.58. The van der Waals surface area contributed by atoms with Crippen LogP contribution in [0.5, 0.6) is 0 Å². The van der Waals surface area contributed by atoms with Gasteiger partial charge < -0.3 is 5.11 Å². The minimum atomic E-state index is -0.946. The lowest BCUT2D eigenvalue weighted by molar-refractivity contribution is -0.142. The zero-order chi connectivity index (χ0) is 12.2. The number of fused-ring (bicyclic) bond motifs is 3. The fourth-order valence-corrected chi connectivity index (χ4v) is 3.47. The zero-order valence-corrected chi connectivity index (χ0v) is 9.77. The number of allylic oxidation sites excluding steroid dienone is 1. The van der Waals surface area contributed by atoms with Crippen LogP contribution >= 0.6 is 0 Å². The highest BCUT2D eigenvalue weighted by molar-refractivity contribution is 6.09. The van der Waals surface area contributed by atoms with Crippen molar-refractivity contribution in [2.75, 3.05) is 0 Å². The summed E-state index contributed by atoms with van der Waals surface area (Å²) in [6.07, 6.45) is 5.86. The number of hydrogen-bond acceptors (Lipinski definition) is 2. The number of hydrogen-bond donors (Lipinski definition) is 1. The maximum atomic E-state index is 11.9. The van der Waals surface area contributed by atoms with Gasteiger partial charge in [0.1, 0.15) is 5.70 Å². The molecule has 3 aliphatic rings. The normalized spacial score (nSPS) is 33.6. The van der Waals surface area contributed by atoms with E-state index in [0.29, 0.717) is 0 Å². The van der Waals surface area contributed by atoms with Crippen molar-refractivity contribution in [1.82, 2.24) is 4.90 Å². The molecule has 4 nitrogen and oxygen atoms in total. The maximum absolute atomic E-state index is 11.9. The summed E-state index contributed by atoms with van der Waals surface area (Å²) >= 11 is 0. The van der Waals surface area contributed by atoms with Gasteiger partial charge in [-0.15, -0.1) is 0 Å². The van der Waals surface area contributed by atoms with Gasteiger partial charge in [0.25, 0.3) is 5.91 Å². The summed E-state index contributed by atoms with van der Waals surface area (Å²) in [6.45, 7) is 1.85. The molecule has 17 heavy (non-hydrogen) atoms. The number of carboxylic acid groups (broad SMARTS) is 1. The highest BCUT2D eigenvalue weighted by atomic mass is 16.4. The van der Waals surface area contributed by atoms with E-state index in [1.54, 1.807) is 0 Å². The van der Waals surface area contributed by atoms with E-state index in [2.05, 4.69) is 0 Å². The minimum Gasteiger partial charge on any atom is -0.477 e. The molecular formula is C13H15NO3. The van der Waals surface area contributed by atoms with E-state index in [1.165, 1.54) is 4.90 Å². The second kappa shape index (κ2) is 3.45. The fourth-order valence-electron chi connectivity index (χ4n) is 3.47. The van der Waals surface area contributed by atoms with Crippen LogP contribution in [0.3, 0.4) is 0 Å². The van der Waals surface area contributed by atoms with Crippen LogP contribution in [0, 0.1) is 5.92 Å². The number of carbonyl (C=O) groups excluding carboxylic acids is 1. The van der Waals surface area contributed by atoms with Gasteiger partial charge in [-0.1, -0.05) is 12.5 Å². The Kier molecular flexibility index (Phi) is 2.15. The first kappa shape index (κ1) is 10.6. The molecule has 1 saturated carbocycles. The fraction of sp³-hybridized carbons (Fsp3) is 0.538. The lowest BCUT2D eigenvalue weighted by Gasteiger charge is -2.41. The first-order valence-electron chi connectivity index (χ1n) is 6.13. The van der Waals surface area contributed by atoms with Crippen LogP contribution < -0.4 is 0 Å². The standard InChI is InChI=1S/C13H15NO3/c1-2-7-10-8-5-3-4-6-9(8)11(13(16)17)14(10)12(7)15/h2,8,10H,3-6H2,1H3,(H,16,17)/b7-2-/t8-,10-/m0/s1. The third-order valence-electron chi connectivity index (χ3n) is 4.16. The van der Waals surface area contributed by atoms with E-state index in [4.69, 9.17) is 0 Å².